The number of hydrogen-bond donors (Lipinski definition) is 1. The maximum Gasteiger partial charge on any atom is 0.342 e. The topological polar surface area (TPSA) is 97.1 Å². The van der Waals surface area contributed by atoms with Gasteiger partial charge in [-0.1, -0.05) is 12.7 Å². The zero-order valence-corrected chi connectivity index (χ0v) is 13.7. The largest absolute Gasteiger partial charge is 0.490 e. The molecule has 7 heteroatoms. The van der Waals surface area contributed by atoms with Gasteiger partial charge in [0, 0.05) is 12.1 Å². The van der Waals surface area contributed by atoms with E-state index in [9.17, 15) is 9.59 Å². The zero-order chi connectivity index (χ0) is 17.7. The monoisotopic (exact) mass is 335 g/mol. The van der Waals surface area contributed by atoms with Crippen LogP contribution in [0.2, 0.25) is 0 Å². The first-order chi connectivity index (χ1) is 11.5. The fourth-order valence-electron chi connectivity index (χ4n) is 2.40. The lowest BCUT2D eigenvalue weighted by Gasteiger charge is -2.32. The molecule has 0 radical (unpaired) electrons. The van der Waals surface area contributed by atoms with Gasteiger partial charge in [0.15, 0.2) is 0 Å². The maximum absolute atomic E-state index is 12.1. The predicted molar refractivity (Wildman–Crippen MR) is 86.4 cm³/mol. The summed E-state index contributed by atoms with van der Waals surface area (Å²) in [5, 5.41) is 0. The standard InChI is InChI=1S/C17H21NO6/c1-4-5-23-14-9-12(24-11-6-10(18)7-11)8-13(16(19)21-2)15(14)17(20)22-3/h4,8-11H,1,5-7,18H2,2-3H3/t10-,11-. The summed E-state index contributed by atoms with van der Waals surface area (Å²) >= 11 is 0. The van der Waals surface area contributed by atoms with Crippen molar-refractivity contribution in [3.63, 3.8) is 0 Å². The van der Waals surface area contributed by atoms with E-state index in [0.717, 1.165) is 12.8 Å². The summed E-state index contributed by atoms with van der Waals surface area (Å²) in [7, 11) is 2.45. The number of benzene rings is 1. The molecule has 1 aliphatic carbocycles. The van der Waals surface area contributed by atoms with Gasteiger partial charge < -0.3 is 24.7 Å². The lowest BCUT2D eigenvalue weighted by Crippen LogP contribution is -2.43. The van der Waals surface area contributed by atoms with Crippen molar-refractivity contribution in [3.8, 4) is 11.5 Å². The van der Waals surface area contributed by atoms with Crippen molar-refractivity contribution in [1.29, 1.82) is 0 Å². The molecular formula is C17H21NO6. The molecule has 0 heterocycles. The van der Waals surface area contributed by atoms with E-state index in [-0.39, 0.29) is 35.6 Å². The van der Waals surface area contributed by atoms with Gasteiger partial charge in [-0.3, -0.25) is 0 Å². The van der Waals surface area contributed by atoms with Crippen LogP contribution in [0.25, 0.3) is 0 Å². The van der Waals surface area contributed by atoms with E-state index < -0.39 is 11.9 Å². The molecule has 1 saturated carbocycles. The zero-order valence-electron chi connectivity index (χ0n) is 13.7. The highest BCUT2D eigenvalue weighted by molar-refractivity contribution is 6.05. The molecule has 1 aromatic rings. The van der Waals surface area contributed by atoms with Crippen molar-refractivity contribution >= 4 is 11.9 Å². The van der Waals surface area contributed by atoms with Crippen molar-refractivity contribution in [1.82, 2.24) is 0 Å². The highest BCUT2D eigenvalue weighted by Gasteiger charge is 2.30. The van der Waals surface area contributed by atoms with Gasteiger partial charge in [-0.15, -0.1) is 0 Å². The lowest BCUT2D eigenvalue weighted by molar-refractivity contribution is 0.0549. The Morgan fingerprint density at radius 1 is 1.25 bits per heavy atom. The first-order valence-corrected chi connectivity index (χ1v) is 7.50. The van der Waals surface area contributed by atoms with Gasteiger partial charge >= 0.3 is 11.9 Å². The molecular weight excluding hydrogens is 314 g/mol. The van der Waals surface area contributed by atoms with Crippen LogP contribution in [0, 0.1) is 0 Å². The van der Waals surface area contributed by atoms with E-state index >= 15 is 0 Å². The fourth-order valence-corrected chi connectivity index (χ4v) is 2.40. The van der Waals surface area contributed by atoms with Crippen LogP contribution in [0.4, 0.5) is 0 Å². The number of esters is 2. The summed E-state index contributed by atoms with van der Waals surface area (Å²) in [5.74, 6) is -0.816. The van der Waals surface area contributed by atoms with Crippen molar-refractivity contribution in [2.75, 3.05) is 20.8 Å². The smallest absolute Gasteiger partial charge is 0.342 e. The minimum atomic E-state index is -0.702. The second-order valence-corrected chi connectivity index (χ2v) is 5.40. The summed E-state index contributed by atoms with van der Waals surface area (Å²) in [5.41, 5.74) is 5.76. The minimum Gasteiger partial charge on any atom is -0.490 e. The molecule has 0 spiro atoms. The highest BCUT2D eigenvalue weighted by Crippen LogP contribution is 2.33. The number of carbonyl (C=O) groups excluding carboxylic acids is 2. The van der Waals surface area contributed by atoms with Crippen molar-refractivity contribution in [3.05, 3.63) is 35.9 Å². The normalized spacial score (nSPS) is 19.0. The van der Waals surface area contributed by atoms with E-state index in [1.54, 1.807) is 6.07 Å². The lowest BCUT2D eigenvalue weighted by atomic mass is 9.90. The Balaban J connectivity index is 2.43. The van der Waals surface area contributed by atoms with E-state index in [4.69, 9.17) is 24.7 Å². The van der Waals surface area contributed by atoms with Crippen LogP contribution in [0.15, 0.2) is 24.8 Å². The molecule has 0 unspecified atom stereocenters. The average Bonchev–Trinajstić information content (AvgIpc) is 2.56. The molecule has 1 aromatic carbocycles. The Kier molecular flexibility index (Phi) is 5.81. The first-order valence-electron chi connectivity index (χ1n) is 7.50. The number of carbonyl (C=O) groups is 2. The predicted octanol–water partition coefficient (Wildman–Crippen LogP) is 1.69. The summed E-state index contributed by atoms with van der Waals surface area (Å²) in [4.78, 5) is 24.2. The number of methoxy groups -OCH3 is 2. The molecule has 0 aliphatic heterocycles. The van der Waals surface area contributed by atoms with Gasteiger partial charge in [-0.2, -0.15) is 0 Å². The Bertz CT molecular complexity index is 636. The molecule has 130 valence electrons. The molecule has 1 fully saturated rings. The maximum atomic E-state index is 12.1. The Labute approximate surface area is 140 Å². The molecule has 2 rings (SSSR count). The molecule has 7 nitrogen and oxygen atoms in total. The van der Waals surface area contributed by atoms with Crippen LogP contribution in [0.5, 0.6) is 11.5 Å². The average molecular weight is 335 g/mol. The van der Waals surface area contributed by atoms with Gasteiger partial charge in [-0.05, 0) is 18.9 Å². The Hall–Kier alpha value is -2.54. The summed E-state index contributed by atoms with van der Waals surface area (Å²) in [6, 6.07) is 3.12. The van der Waals surface area contributed by atoms with Crippen LogP contribution in [-0.4, -0.2) is 44.9 Å². The number of hydrogen-bond acceptors (Lipinski definition) is 7. The number of ether oxygens (including phenoxy) is 4. The van der Waals surface area contributed by atoms with E-state index in [1.807, 2.05) is 0 Å². The third-order valence-corrected chi connectivity index (χ3v) is 3.66. The van der Waals surface area contributed by atoms with Crippen molar-refractivity contribution < 1.29 is 28.5 Å². The van der Waals surface area contributed by atoms with Gasteiger partial charge in [-0.25, -0.2) is 9.59 Å². The van der Waals surface area contributed by atoms with Gasteiger partial charge in [0.2, 0.25) is 0 Å². The van der Waals surface area contributed by atoms with Crippen molar-refractivity contribution in [2.45, 2.75) is 25.0 Å². The number of rotatable bonds is 7. The molecule has 0 bridgehead atoms. The molecule has 0 atom stereocenters. The molecule has 1 aliphatic rings. The second-order valence-electron chi connectivity index (χ2n) is 5.40. The fraction of sp³-hybridized carbons (Fsp3) is 0.412. The van der Waals surface area contributed by atoms with Gasteiger partial charge in [0.1, 0.15) is 29.8 Å². The third kappa shape index (κ3) is 3.86. The molecule has 0 amide bonds. The summed E-state index contributed by atoms with van der Waals surface area (Å²) < 4.78 is 20.8. The minimum absolute atomic E-state index is 0.0103. The SMILES string of the molecule is C=CCOc1cc(O[C@H]2C[C@H](N)C2)cc(C(=O)OC)c1C(=O)OC. The highest BCUT2D eigenvalue weighted by atomic mass is 16.5. The molecule has 0 saturated heterocycles. The number of nitrogens with two attached hydrogens (primary N) is 1. The van der Waals surface area contributed by atoms with Crippen LogP contribution in [0.1, 0.15) is 33.6 Å². The molecule has 24 heavy (non-hydrogen) atoms. The van der Waals surface area contributed by atoms with Crippen LogP contribution >= 0.6 is 0 Å². The van der Waals surface area contributed by atoms with Crippen molar-refractivity contribution in [2.24, 2.45) is 5.73 Å². The van der Waals surface area contributed by atoms with E-state index in [0.29, 0.717) is 5.75 Å². The first kappa shape index (κ1) is 17.8. The third-order valence-electron chi connectivity index (χ3n) is 3.66. The van der Waals surface area contributed by atoms with Crippen LogP contribution in [-0.2, 0) is 9.47 Å². The molecule has 2 N–H and O–H groups in total. The summed E-state index contributed by atoms with van der Waals surface area (Å²) in [6.07, 6.45) is 2.96. The Morgan fingerprint density at radius 2 is 1.92 bits per heavy atom. The summed E-state index contributed by atoms with van der Waals surface area (Å²) in [6.45, 7) is 3.72. The molecule has 0 aromatic heterocycles. The second kappa shape index (κ2) is 7.83. The Morgan fingerprint density at radius 3 is 2.46 bits per heavy atom. The van der Waals surface area contributed by atoms with Gasteiger partial charge in [0.05, 0.1) is 19.8 Å². The van der Waals surface area contributed by atoms with E-state index in [2.05, 4.69) is 6.58 Å². The van der Waals surface area contributed by atoms with Crippen LogP contribution < -0.4 is 15.2 Å². The van der Waals surface area contributed by atoms with Crippen LogP contribution in [0.3, 0.4) is 0 Å². The van der Waals surface area contributed by atoms with E-state index in [1.165, 1.54) is 26.4 Å². The van der Waals surface area contributed by atoms with Gasteiger partial charge in [0.25, 0.3) is 0 Å². The quantitative estimate of drug-likeness (QED) is 0.598.